The summed E-state index contributed by atoms with van der Waals surface area (Å²) < 4.78 is 11.0. The summed E-state index contributed by atoms with van der Waals surface area (Å²) in [7, 11) is 3.31. The van der Waals surface area contributed by atoms with Gasteiger partial charge in [-0.3, -0.25) is 0 Å². The van der Waals surface area contributed by atoms with Crippen molar-refractivity contribution in [2.75, 3.05) is 19.2 Å². The van der Waals surface area contributed by atoms with E-state index in [-0.39, 0.29) is 6.04 Å². The number of thiazole rings is 1. The van der Waals surface area contributed by atoms with Gasteiger partial charge in [-0.2, -0.15) is 5.10 Å². The molecule has 7 heteroatoms. The summed E-state index contributed by atoms with van der Waals surface area (Å²) >= 11 is 3.32. The Balaban J connectivity index is 1.54. The second-order valence-electron chi connectivity index (χ2n) is 7.08. The van der Waals surface area contributed by atoms with Crippen molar-refractivity contribution in [1.29, 1.82) is 0 Å². The van der Waals surface area contributed by atoms with E-state index in [0.29, 0.717) is 5.75 Å². The van der Waals surface area contributed by atoms with Crippen molar-refractivity contribution >= 4 is 33.5 Å². The molecule has 0 bridgehead atoms. The topological polar surface area (TPSA) is 47.0 Å². The maximum absolute atomic E-state index is 5.55. The standard InChI is InChI=1S/C24H21N3O2S2/c1-28-21-11-10-17(13-22(21)29-2)20-14-18(23-9-6-12-30-23)26-27(20)24-25-19(15-31-24)16-7-4-3-5-8-16/h3-13,15,20H,14H2,1-2H3/t20-/m1/s1. The van der Waals surface area contributed by atoms with Crippen LogP contribution in [0.1, 0.15) is 22.9 Å². The molecule has 0 unspecified atom stereocenters. The predicted molar refractivity (Wildman–Crippen MR) is 128 cm³/mol. The van der Waals surface area contributed by atoms with E-state index in [0.717, 1.165) is 39.8 Å². The summed E-state index contributed by atoms with van der Waals surface area (Å²) in [6.07, 6.45) is 0.802. The molecule has 0 spiro atoms. The molecule has 1 aliphatic rings. The van der Waals surface area contributed by atoms with Crippen molar-refractivity contribution in [3.8, 4) is 22.8 Å². The highest BCUT2D eigenvalue weighted by atomic mass is 32.1. The van der Waals surface area contributed by atoms with Gasteiger partial charge in [-0.05, 0) is 29.1 Å². The second kappa shape index (κ2) is 8.53. The number of rotatable bonds is 6. The molecule has 1 atom stereocenters. The number of nitrogens with zero attached hydrogens (tertiary/aromatic N) is 3. The van der Waals surface area contributed by atoms with Crippen LogP contribution in [-0.2, 0) is 0 Å². The molecule has 0 saturated heterocycles. The van der Waals surface area contributed by atoms with Gasteiger partial charge < -0.3 is 9.47 Å². The summed E-state index contributed by atoms with van der Waals surface area (Å²) in [5.41, 5.74) is 4.26. The molecule has 0 fully saturated rings. The summed E-state index contributed by atoms with van der Waals surface area (Å²) in [4.78, 5) is 6.10. The van der Waals surface area contributed by atoms with Gasteiger partial charge in [0.15, 0.2) is 11.5 Å². The molecule has 3 heterocycles. The average Bonchev–Trinajstić information content (AvgIpc) is 3.59. The molecule has 0 aliphatic carbocycles. The van der Waals surface area contributed by atoms with Crippen molar-refractivity contribution in [3.05, 3.63) is 81.9 Å². The number of anilines is 1. The first-order valence-electron chi connectivity index (χ1n) is 9.90. The maximum atomic E-state index is 5.55. The molecule has 0 amide bonds. The molecule has 0 saturated carbocycles. The zero-order chi connectivity index (χ0) is 21.2. The number of aromatic nitrogens is 1. The summed E-state index contributed by atoms with van der Waals surface area (Å²) in [6, 6.07) is 20.5. The van der Waals surface area contributed by atoms with Crippen LogP contribution in [0.2, 0.25) is 0 Å². The molecule has 1 aliphatic heterocycles. The van der Waals surface area contributed by atoms with Crippen LogP contribution in [0.25, 0.3) is 11.3 Å². The van der Waals surface area contributed by atoms with E-state index in [4.69, 9.17) is 19.6 Å². The largest absolute Gasteiger partial charge is 0.493 e. The quantitative estimate of drug-likeness (QED) is 0.351. The number of benzene rings is 2. The Morgan fingerprint density at radius 3 is 2.52 bits per heavy atom. The fourth-order valence-corrected chi connectivity index (χ4v) is 5.26. The number of thiophene rings is 1. The van der Waals surface area contributed by atoms with Gasteiger partial charge in [0, 0.05) is 17.4 Å². The van der Waals surface area contributed by atoms with Gasteiger partial charge in [-0.1, -0.05) is 42.5 Å². The van der Waals surface area contributed by atoms with E-state index >= 15 is 0 Å². The molecule has 31 heavy (non-hydrogen) atoms. The maximum Gasteiger partial charge on any atom is 0.207 e. The van der Waals surface area contributed by atoms with Crippen LogP contribution in [0.3, 0.4) is 0 Å². The smallest absolute Gasteiger partial charge is 0.207 e. The zero-order valence-electron chi connectivity index (χ0n) is 17.2. The van der Waals surface area contributed by atoms with Crippen molar-refractivity contribution in [2.24, 2.45) is 5.10 Å². The van der Waals surface area contributed by atoms with E-state index in [2.05, 4.69) is 41.1 Å². The van der Waals surface area contributed by atoms with Gasteiger partial charge in [0.1, 0.15) is 0 Å². The summed E-state index contributed by atoms with van der Waals surface area (Å²) in [5.74, 6) is 1.43. The van der Waals surface area contributed by atoms with Gasteiger partial charge >= 0.3 is 0 Å². The molecule has 5 rings (SSSR count). The summed E-state index contributed by atoms with van der Waals surface area (Å²) in [6.45, 7) is 0. The molecule has 4 aromatic rings. The highest BCUT2D eigenvalue weighted by Gasteiger charge is 2.32. The Morgan fingerprint density at radius 2 is 1.77 bits per heavy atom. The molecule has 0 radical (unpaired) electrons. The second-order valence-corrected chi connectivity index (χ2v) is 8.87. The Labute approximate surface area is 189 Å². The predicted octanol–water partition coefficient (Wildman–Crippen LogP) is 6.24. The van der Waals surface area contributed by atoms with Crippen molar-refractivity contribution in [3.63, 3.8) is 0 Å². The van der Waals surface area contributed by atoms with E-state index in [1.54, 1.807) is 36.9 Å². The van der Waals surface area contributed by atoms with Crippen LogP contribution in [0, 0.1) is 0 Å². The van der Waals surface area contributed by atoms with Gasteiger partial charge in [0.25, 0.3) is 0 Å². The fourth-order valence-electron chi connectivity index (χ4n) is 3.71. The molecule has 2 aromatic carbocycles. The lowest BCUT2D eigenvalue weighted by atomic mass is 10.0. The minimum Gasteiger partial charge on any atom is -0.493 e. The molecule has 0 N–H and O–H groups in total. The highest BCUT2D eigenvalue weighted by Crippen LogP contribution is 2.41. The van der Waals surface area contributed by atoms with Crippen LogP contribution in [-0.4, -0.2) is 24.9 Å². The van der Waals surface area contributed by atoms with Gasteiger partial charge in [-0.15, -0.1) is 22.7 Å². The third-order valence-corrected chi connectivity index (χ3v) is 7.02. The number of ether oxygens (including phenoxy) is 2. The Morgan fingerprint density at radius 1 is 0.935 bits per heavy atom. The van der Waals surface area contributed by atoms with E-state index in [1.165, 1.54) is 4.88 Å². The average molecular weight is 448 g/mol. The Hall–Kier alpha value is -3.16. The van der Waals surface area contributed by atoms with Gasteiger partial charge in [0.05, 0.1) is 36.5 Å². The van der Waals surface area contributed by atoms with Crippen LogP contribution in [0.4, 0.5) is 5.13 Å². The first-order chi connectivity index (χ1) is 15.3. The lowest BCUT2D eigenvalue weighted by molar-refractivity contribution is 0.354. The SMILES string of the molecule is COc1ccc([C@H]2CC(c3cccs3)=NN2c2nc(-c3ccccc3)cs2)cc1OC. The van der Waals surface area contributed by atoms with Crippen LogP contribution in [0.5, 0.6) is 11.5 Å². The third-order valence-electron chi connectivity index (χ3n) is 5.27. The number of hydrogen-bond donors (Lipinski definition) is 0. The van der Waals surface area contributed by atoms with E-state index < -0.39 is 0 Å². The Kier molecular flexibility index (Phi) is 5.44. The van der Waals surface area contributed by atoms with Crippen molar-refractivity contribution in [2.45, 2.75) is 12.5 Å². The molecular weight excluding hydrogens is 426 g/mol. The number of hydrazone groups is 1. The monoisotopic (exact) mass is 447 g/mol. The minimum absolute atomic E-state index is 0.0340. The Bertz CT molecular complexity index is 1200. The van der Waals surface area contributed by atoms with Crippen molar-refractivity contribution in [1.82, 2.24) is 4.98 Å². The number of methoxy groups -OCH3 is 2. The third kappa shape index (κ3) is 3.82. The molecule has 5 nitrogen and oxygen atoms in total. The first kappa shape index (κ1) is 19.8. The normalized spacial score (nSPS) is 15.7. The number of hydrogen-bond acceptors (Lipinski definition) is 7. The minimum atomic E-state index is 0.0340. The van der Waals surface area contributed by atoms with Gasteiger partial charge in [-0.25, -0.2) is 9.99 Å². The lowest BCUT2D eigenvalue weighted by Crippen LogP contribution is -2.18. The van der Waals surface area contributed by atoms with E-state index in [9.17, 15) is 0 Å². The zero-order valence-corrected chi connectivity index (χ0v) is 18.8. The van der Waals surface area contributed by atoms with Crippen LogP contribution < -0.4 is 14.5 Å². The van der Waals surface area contributed by atoms with Gasteiger partial charge in [0.2, 0.25) is 5.13 Å². The molecule has 156 valence electrons. The van der Waals surface area contributed by atoms with Crippen molar-refractivity contribution < 1.29 is 9.47 Å². The fraction of sp³-hybridized carbons (Fsp3) is 0.167. The molecule has 2 aromatic heterocycles. The van der Waals surface area contributed by atoms with Crippen LogP contribution >= 0.6 is 22.7 Å². The van der Waals surface area contributed by atoms with E-state index in [1.807, 2.05) is 35.3 Å². The van der Waals surface area contributed by atoms with Crippen LogP contribution in [0.15, 0.2) is 76.5 Å². The first-order valence-corrected chi connectivity index (χ1v) is 11.7. The summed E-state index contributed by atoms with van der Waals surface area (Å²) in [5, 5.41) is 12.1. The molecular formula is C24H21N3O2S2. The lowest BCUT2D eigenvalue weighted by Gasteiger charge is -2.22. The highest BCUT2D eigenvalue weighted by molar-refractivity contribution is 7.14.